The van der Waals surface area contributed by atoms with E-state index in [2.05, 4.69) is 4.99 Å². The molecular weight excluding hydrogens is 240 g/mol. The van der Waals surface area contributed by atoms with Crippen molar-refractivity contribution in [3.8, 4) is 0 Å². The summed E-state index contributed by atoms with van der Waals surface area (Å²) in [7, 11) is 0. The number of aliphatic carboxylic acids is 1. The summed E-state index contributed by atoms with van der Waals surface area (Å²) in [5, 5.41) is 8.43. The van der Waals surface area contributed by atoms with Crippen LogP contribution >= 0.6 is 11.8 Å². The van der Waals surface area contributed by atoms with Crippen LogP contribution in [0.15, 0.2) is 4.99 Å². The molecule has 0 aliphatic carbocycles. The Morgan fingerprint density at radius 2 is 1.94 bits per heavy atom. The lowest BCUT2D eigenvalue weighted by Crippen LogP contribution is -2.20. The summed E-state index contributed by atoms with van der Waals surface area (Å²) in [6.07, 6.45) is -0.0512. The average molecular weight is 260 g/mol. The second-order valence-electron chi connectivity index (χ2n) is 4.15. The molecule has 0 spiro atoms. The van der Waals surface area contributed by atoms with E-state index in [-0.39, 0.29) is 29.1 Å². The molecule has 0 bridgehead atoms. The molecule has 0 heterocycles. The summed E-state index contributed by atoms with van der Waals surface area (Å²) < 4.78 is 0. The van der Waals surface area contributed by atoms with Crippen molar-refractivity contribution in [3.05, 3.63) is 0 Å². The van der Waals surface area contributed by atoms with Crippen molar-refractivity contribution in [2.45, 2.75) is 38.9 Å². The van der Waals surface area contributed by atoms with E-state index in [9.17, 15) is 9.59 Å². The Morgan fingerprint density at radius 3 is 2.35 bits per heavy atom. The van der Waals surface area contributed by atoms with Crippen molar-refractivity contribution >= 4 is 28.7 Å². The maximum Gasteiger partial charge on any atom is 0.303 e. The first kappa shape index (κ1) is 16.0. The van der Waals surface area contributed by atoms with E-state index in [1.165, 1.54) is 11.8 Å². The van der Waals surface area contributed by atoms with Crippen LogP contribution < -0.4 is 5.73 Å². The number of rotatable bonds is 7. The molecule has 0 saturated heterocycles. The Morgan fingerprint density at radius 1 is 1.35 bits per heavy atom. The van der Waals surface area contributed by atoms with Gasteiger partial charge in [-0.1, -0.05) is 25.6 Å². The van der Waals surface area contributed by atoms with E-state index < -0.39 is 5.97 Å². The molecule has 98 valence electrons. The molecule has 0 amide bonds. The largest absolute Gasteiger partial charge is 0.481 e. The number of carbonyl (C=O) groups is 2. The molecule has 1 atom stereocenters. The number of carboxylic acids is 1. The summed E-state index contributed by atoms with van der Waals surface area (Å²) in [6.45, 7) is 6.20. The molecular formula is C11H20N2O3S. The topological polar surface area (TPSA) is 92.8 Å². The molecule has 0 aromatic heterocycles. The molecule has 17 heavy (non-hydrogen) atoms. The van der Waals surface area contributed by atoms with Gasteiger partial charge in [-0.15, -0.1) is 0 Å². The van der Waals surface area contributed by atoms with Crippen LogP contribution in [0.25, 0.3) is 0 Å². The Bertz CT molecular complexity index is 299. The summed E-state index contributed by atoms with van der Waals surface area (Å²) in [5.41, 5.74) is 5.45. The van der Waals surface area contributed by atoms with Crippen LogP contribution in [0.3, 0.4) is 0 Å². The van der Waals surface area contributed by atoms with Gasteiger partial charge in [0.1, 0.15) is 0 Å². The van der Waals surface area contributed by atoms with Crippen LogP contribution in [0.1, 0.15) is 33.6 Å². The normalized spacial score (nSPS) is 13.8. The van der Waals surface area contributed by atoms with Gasteiger partial charge in [-0.2, -0.15) is 0 Å². The first-order valence-corrected chi connectivity index (χ1v) is 6.38. The third-order valence-corrected chi connectivity index (χ3v) is 3.55. The minimum absolute atomic E-state index is 0.0507. The van der Waals surface area contributed by atoms with Crippen molar-refractivity contribution in [1.29, 1.82) is 0 Å². The van der Waals surface area contributed by atoms with E-state index in [1.807, 2.05) is 13.8 Å². The maximum atomic E-state index is 11.5. The van der Waals surface area contributed by atoms with Crippen molar-refractivity contribution in [2.24, 2.45) is 16.6 Å². The predicted molar refractivity (Wildman–Crippen MR) is 70.3 cm³/mol. The third-order valence-electron chi connectivity index (χ3n) is 2.09. The van der Waals surface area contributed by atoms with E-state index in [4.69, 9.17) is 10.8 Å². The van der Waals surface area contributed by atoms with Gasteiger partial charge in [-0.05, 0) is 12.8 Å². The lowest BCUT2D eigenvalue weighted by Gasteiger charge is -2.17. The van der Waals surface area contributed by atoms with E-state index in [1.54, 1.807) is 6.92 Å². The first-order chi connectivity index (χ1) is 7.82. The molecule has 0 rings (SSSR count). The summed E-state index contributed by atoms with van der Waals surface area (Å²) in [4.78, 5) is 26.0. The number of thioether (sulfide) groups is 1. The van der Waals surface area contributed by atoms with Gasteiger partial charge in [-0.25, -0.2) is 0 Å². The van der Waals surface area contributed by atoms with Crippen molar-refractivity contribution in [1.82, 2.24) is 0 Å². The Kier molecular flexibility index (Phi) is 7.61. The van der Waals surface area contributed by atoms with E-state index >= 15 is 0 Å². The lowest BCUT2D eigenvalue weighted by atomic mass is 10.1. The molecule has 3 N–H and O–H groups in total. The Balaban J connectivity index is 4.20. The summed E-state index contributed by atoms with van der Waals surface area (Å²) in [5.74, 6) is -0.165. The number of carbonyl (C=O) groups excluding carboxylic acids is 1. The van der Waals surface area contributed by atoms with Crippen LogP contribution in [0.5, 0.6) is 0 Å². The van der Waals surface area contributed by atoms with Crippen LogP contribution in [0, 0.1) is 5.92 Å². The molecule has 0 aromatic rings. The van der Waals surface area contributed by atoms with Gasteiger partial charge in [0.15, 0.2) is 5.12 Å². The highest BCUT2D eigenvalue weighted by Crippen LogP contribution is 2.22. The second kappa shape index (κ2) is 8.11. The highest BCUT2D eigenvalue weighted by molar-refractivity contribution is 8.14. The molecule has 0 aromatic carbocycles. The molecule has 0 saturated carbocycles. The van der Waals surface area contributed by atoms with Gasteiger partial charge in [0.2, 0.25) is 0 Å². The molecule has 1 unspecified atom stereocenters. The third kappa shape index (κ3) is 8.74. The standard InChI is InChI=1S/C11H20N2O3S/c1-7(2)9(6-13-8(3)12)17-11(16)5-4-10(14)15/h7,9H,4-6H2,1-3H3,(H2,12,13)(H,14,15). The number of amidine groups is 1. The quantitative estimate of drug-likeness (QED) is 0.534. The minimum atomic E-state index is -0.948. The molecule has 5 nitrogen and oxygen atoms in total. The Hall–Kier alpha value is -1.04. The first-order valence-electron chi connectivity index (χ1n) is 5.50. The summed E-state index contributed by atoms with van der Waals surface area (Å²) >= 11 is 1.17. The van der Waals surface area contributed by atoms with Crippen LogP contribution in [-0.2, 0) is 9.59 Å². The number of nitrogens with zero attached hydrogens (tertiary/aromatic N) is 1. The zero-order valence-electron chi connectivity index (χ0n) is 10.5. The lowest BCUT2D eigenvalue weighted by molar-refractivity contribution is -0.137. The van der Waals surface area contributed by atoms with Crippen molar-refractivity contribution < 1.29 is 14.7 Å². The van der Waals surface area contributed by atoms with Gasteiger partial charge < -0.3 is 10.8 Å². The van der Waals surface area contributed by atoms with Crippen LogP contribution in [-0.4, -0.2) is 33.8 Å². The number of hydrogen-bond donors (Lipinski definition) is 2. The van der Waals surface area contributed by atoms with Gasteiger partial charge in [0.05, 0.1) is 18.8 Å². The Labute approximate surface area is 106 Å². The number of carboxylic acid groups (broad SMARTS) is 1. The van der Waals surface area contributed by atoms with Gasteiger partial charge in [0, 0.05) is 11.7 Å². The fraction of sp³-hybridized carbons (Fsp3) is 0.727. The molecule has 0 aliphatic rings. The highest BCUT2D eigenvalue weighted by atomic mass is 32.2. The molecule has 6 heteroatoms. The number of hydrogen-bond acceptors (Lipinski definition) is 4. The zero-order chi connectivity index (χ0) is 13.4. The van der Waals surface area contributed by atoms with Crippen molar-refractivity contribution in [3.63, 3.8) is 0 Å². The van der Waals surface area contributed by atoms with E-state index in [0.29, 0.717) is 12.4 Å². The average Bonchev–Trinajstić information content (AvgIpc) is 2.20. The molecule has 0 fully saturated rings. The molecule has 0 aliphatic heterocycles. The highest BCUT2D eigenvalue weighted by Gasteiger charge is 2.18. The molecule has 0 radical (unpaired) electrons. The van der Waals surface area contributed by atoms with E-state index in [0.717, 1.165) is 0 Å². The fourth-order valence-corrected chi connectivity index (χ4v) is 2.03. The monoisotopic (exact) mass is 260 g/mol. The number of nitrogens with two attached hydrogens (primary N) is 1. The maximum absolute atomic E-state index is 11.5. The van der Waals surface area contributed by atoms with Crippen molar-refractivity contribution in [2.75, 3.05) is 6.54 Å². The minimum Gasteiger partial charge on any atom is -0.481 e. The smallest absolute Gasteiger partial charge is 0.303 e. The van der Waals surface area contributed by atoms with Crippen LogP contribution in [0.2, 0.25) is 0 Å². The SMILES string of the molecule is CC(N)=NCC(SC(=O)CCC(=O)O)C(C)C. The van der Waals surface area contributed by atoms with Gasteiger partial charge >= 0.3 is 5.97 Å². The summed E-state index contributed by atoms with van der Waals surface area (Å²) in [6, 6.07) is 0. The number of aliphatic imine (C=N–C) groups is 1. The van der Waals surface area contributed by atoms with Gasteiger partial charge in [0.25, 0.3) is 0 Å². The second-order valence-corrected chi connectivity index (χ2v) is 5.44. The predicted octanol–water partition coefficient (Wildman–Crippen LogP) is 1.51. The zero-order valence-corrected chi connectivity index (χ0v) is 11.3. The van der Waals surface area contributed by atoms with Crippen LogP contribution in [0.4, 0.5) is 0 Å². The fourth-order valence-electron chi connectivity index (χ4n) is 1.05. The van der Waals surface area contributed by atoms with Gasteiger partial charge in [-0.3, -0.25) is 14.6 Å².